The summed E-state index contributed by atoms with van der Waals surface area (Å²) in [6, 6.07) is 11.7. The van der Waals surface area contributed by atoms with Gasteiger partial charge in [0.05, 0.1) is 4.92 Å². The maximum atomic E-state index is 12.2. The van der Waals surface area contributed by atoms with Crippen LogP contribution in [0.3, 0.4) is 0 Å². The molecule has 0 aliphatic rings. The Morgan fingerprint density at radius 1 is 1.24 bits per heavy atom. The predicted octanol–water partition coefficient (Wildman–Crippen LogP) is 3.85. The van der Waals surface area contributed by atoms with E-state index in [4.69, 9.17) is 16.3 Å². The third-order valence-corrected chi connectivity index (χ3v) is 4.14. The normalized spacial score (nSPS) is 10.4. The van der Waals surface area contributed by atoms with Crippen LogP contribution in [0.15, 0.2) is 42.5 Å². The van der Waals surface area contributed by atoms with E-state index >= 15 is 0 Å². The maximum Gasteiger partial charge on any atom is 0.269 e. The number of carbonyl (C=O) groups is 1. The van der Waals surface area contributed by atoms with Gasteiger partial charge in [0, 0.05) is 30.7 Å². The summed E-state index contributed by atoms with van der Waals surface area (Å²) >= 11 is 6.06. The number of amides is 1. The fraction of sp³-hybridized carbons (Fsp3) is 0.278. The fourth-order valence-electron chi connectivity index (χ4n) is 2.22. The van der Waals surface area contributed by atoms with Gasteiger partial charge < -0.3 is 9.64 Å². The lowest BCUT2D eigenvalue weighted by Crippen LogP contribution is -2.31. The quantitative estimate of drug-likeness (QED) is 0.554. The molecule has 0 saturated heterocycles. The largest absolute Gasteiger partial charge is 0.484 e. The zero-order chi connectivity index (χ0) is 18.4. The molecule has 2 rings (SSSR count). The van der Waals surface area contributed by atoms with Gasteiger partial charge >= 0.3 is 0 Å². The molecule has 0 aliphatic heterocycles. The van der Waals surface area contributed by atoms with Gasteiger partial charge in [0.1, 0.15) is 5.75 Å². The van der Waals surface area contributed by atoms with Gasteiger partial charge in [0.15, 0.2) is 6.61 Å². The van der Waals surface area contributed by atoms with E-state index in [2.05, 4.69) is 6.92 Å². The molecule has 2 aromatic rings. The molecule has 0 bridgehead atoms. The van der Waals surface area contributed by atoms with Crippen molar-refractivity contribution < 1.29 is 14.5 Å². The molecule has 0 radical (unpaired) electrons. The van der Waals surface area contributed by atoms with Gasteiger partial charge in [-0.1, -0.05) is 30.7 Å². The number of carbonyl (C=O) groups excluding carboxylic acids is 1. The third kappa shape index (κ3) is 5.19. The van der Waals surface area contributed by atoms with Crippen molar-refractivity contribution in [3.05, 3.63) is 68.7 Å². The first-order valence-corrected chi connectivity index (χ1v) is 8.17. The number of likely N-dealkylation sites (N-methyl/N-ethyl adjacent to an activating group) is 1. The minimum absolute atomic E-state index is 0.0625. The van der Waals surface area contributed by atoms with Gasteiger partial charge in [-0.05, 0) is 35.7 Å². The van der Waals surface area contributed by atoms with Crippen molar-refractivity contribution in [3.8, 4) is 5.75 Å². The van der Waals surface area contributed by atoms with Gasteiger partial charge in [-0.3, -0.25) is 14.9 Å². The van der Waals surface area contributed by atoms with Crippen LogP contribution in [-0.4, -0.2) is 29.4 Å². The molecule has 25 heavy (non-hydrogen) atoms. The number of benzene rings is 2. The number of nitrogens with zero attached hydrogens (tertiary/aromatic N) is 2. The van der Waals surface area contributed by atoms with E-state index in [1.807, 2.05) is 24.3 Å². The third-order valence-electron chi connectivity index (χ3n) is 3.77. The van der Waals surface area contributed by atoms with Crippen LogP contribution in [0.2, 0.25) is 5.02 Å². The minimum atomic E-state index is -0.495. The SMILES string of the molecule is CCc1ccc(OCC(=O)N(C)Cc2cc([N+](=O)[O-])ccc2Cl)cc1. The van der Waals surface area contributed by atoms with Crippen LogP contribution in [0.4, 0.5) is 5.69 Å². The van der Waals surface area contributed by atoms with E-state index in [9.17, 15) is 14.9 Å². The molecule has 0 N–H and O–H groups in total. The molecule has 132 valence electrons. The first-order valence-electron chi connectivity index (χ1n) is 7.79. The summed E-state index contributed by atoms with van der Waals surface area (Å²) in [5, 5.41) is 11.2. The number of nitro groups is 1. The minimum Gasteiger partial charge on any atom is -0.484 e. The van der Waals surface area contributed by atoms with Gasteiger partial charge in [-0.2, -0.15) is 0 Å². The van der Waals surface area contributed by atoms with Crippen LogP contribution in [-0.2, 0) is 17.8 Å². The van der Waals surface area contributed by atoms with E-state index in [1.54, 1.807) is 7.05 Å². The highest BCUT2D eigenvalue weighted by molar-refractivity contribution is 6.31. The number of ether oxygens (including phenoxy) is 1. The number of hydrogen-bond donors (Lipinski definition) is 0. The summed E-state index contributed by atoms with van der Waals surface area (Å²) in [4.78, 5) is 24.0. The Hall–Kier alpha value is -2.60. The molecule has 0 unspecified atom stereocenters. The molecule has 0 aromatic heterocycles. The zero-order valence-corrected chi connectivity index (χ0v) is 14.8. The molecule has 0 fully saturated rings. The van der Waals surface area contributed by atoms with E-state index < -0.39 is 4.92 Å². The monoisotopic (exact) mass is 362 g/mol. The summed E-state index contributed by atoms with van der Waals surface area (Å²) in [7, 11) is 1.60. The van der Waals surface area contributed by atoms with Crippen molar-refractivity contribution in [2.75, 3.05) is 13.7 Å². The lowest BCUT2D eigenvalue weighted by molar-refractivity contribution is -0.384. The van der Waals surface area contributed by atoms with Crippen molar-refractivity contribution in [1.82, 2.24) is 4.90 Å². The molecule has 0 aliphatic carbocycles. The fourth-order valence-corrected chi connectivity index (χ4v) is 2.39. The average Bonchev–Trinajstić information content (AvgIpc) is 2.61. The Morgan fingerprint density at radius 2 is 1.92 bits per heavy atom. The number of nitro benzene ring substituents is 1. The second kappa shape index (κ2) is 8.48. The number of aryl methyl sites for hydroxylation is 1. The van der Waals surface area contributed by atoms with Gasteiger partial charge in [-0.25, -0.2) is 0 Å². The standard InChI is InChI=1S/C18H19ClN2O4/c1-3-13-4-7-16(8-5-13)25-12-18(22)20(2)11-14-10-15(21(23)24)6-9-17(14)19/h4-10H,3,11-12H2,1-2H3. The molecular weight excluding hydrogens is 344 g/mol. The summed E-state index contributed by atoms with van der Waals surface area (Å²) in [5.41, 5.74) is 1.64. The smallest absolute Gasteiger partial charge is 0.269 e. The Bertz CT molecular complexity index is 762. The van der Waals surface area contributed by atoms with Crippen LogP contribution >= 0.6 is 11.6 Å². The van der Waals surface area contributed by atoms with Crippen molar-refractivity contribution >= 4 is 23.2 Å². The van der Waals surface area contributed by atoms with E-state index in [0.29, 0.717) is 16.3 Å². The highest BCUT2D eigenvalue weighted by atomic mass is 35.5. The highest BCUT2D eigenvalue weighted by Gasteiger charge is 2.15. The molecule has 2 aromatic carbocycles. The van der Waals surface area contributed by atoms with E-state index in [0.717, 1.165) is 6.42 Å². The van der Waals surface area contributed by atoms with Crippen molar-refractivity contribution in [3.63, 3.8) is 0 Å². The number of hydrogen-bond acceptors (Lipinski definition) is 4. The van der Waals surface area contributed by atoms with Gasteiger partial charge in [0.2, 0.25) is 0 Å². The van der Waals surface area contributed by atoms with E-state index in [-0.39, 0.29) is 24.7 Å². The topological polar surface area (TPSA) is 72.7 Å². The number of rotatable bonds is 7. The predicted molar refractivity (Wildman–Crippen MR) is 95.9 cm³/mol. The van der Waals surface area contributed by atoms with Crippen LogP contribution < -0.4 is 4.74 Å². The first-order chi connectivity index (χ1) is 11.9. The lowest BCUT2D eigenvalue weighted by Gasteiger charge is -2.18. The maximum absolute atomic E-state index is 12.2. The van der Waals surface area contributed by atoms with Crippen LogP contribution in [0, 0.1) is 10.1 Å². The summed E-state index contributed by atoms with van der Waals surface area (Å²) in [6.07, 6.45) is 0.936. The van der Waals surface area contributed by atoms with Crippen molar-refractivity contribution in [1.29, 1.82) is 0 Å². The molecule has 7 heteroatoms. The van der Waals surface area contributed by atoms with E-state index in [1.165, 1.54) is 28.7 Å². The van der Waals surface area contributed by atoms with Crippen LogP contribution in [0.25, 0.3) is 0 Å². The van der Waals surface area contributed by atoms with Gasteiger partial charge in [-0.15, -0.1) is 0 Å². The Labute approximate surface area is 151 Å². The van der Waals surface area contributed by atoms with Crippen LogP contribution in [0.1, 0.15) is 18.1 Å². The molecule has 0 heterocycles. The highest BCUT2D eigenvalue weighted by Crippen LogP contribution is 2.23. The second-order valence-electron chi connectivity index (χ2n) is 5.57. The molecular formula is C18H19ClN2O4. The molecule has 1 amide bonds. The van der Waals surface area contributed by atoms with Crippen LogP contribution in [0.5, 0.6) is 5.75 Å². The summed E-state index contributed by atoms with van der Waals surface area (Å²) in [6.45, 7) is 2.11. The average molecular weight is 363 g/mol. The Balaban J connectivity index is 1.95. The van der Waals surface area contributed by atoms with Crippen molar-refractivity contribution in [2.24, 2.45) is 0 Å². The Morgan fingerprint density at radius 3 is 2.52 bits per heavy atom. The number of halogens is 1. The molecule has 0 saturated carbocycles. The molecule has 0 spiro atoms. The molecule has 6 nitrogen and oxygen atoms in total. The van der Waals surface area contributed by atoms with Crippen molar-refractivity contribution in [2.45, 2.75) is 19.9 Å². The van der Waals surface area contributed by atoms with Gasteiger partial charge in [0.25, 0.3) is 11.6 Å². The first kappa shape index (κ1) is 18.7. The zero-order valence-electron chi connectivity index (χ0n) is 14.1. The lowest BCUT2D eigenvalue weighted by atomic mass is 10.2. The summed E-state index contributed by atoms with van der Waals surface area (Å²) in [5.74, 6) is 0.370. The molecule has 0 atom stereocenters. The Kier molecular flexibility index (Phi) is 6.36. The summed E-state index contributed by atoms with van der Waals surface area (Å²) < 4.78 is 5.49. The second-order valence-corrected chi connectivity index (χ2v) is 5.98. The number of non-ortho nitro benzene ring substituents is 1.